The molecule has 0 spiro atoms. The summed E-state index contributed by atoms with van der Waals surface area (Å²) in [7, 11) is -4.02. The first-order chi connectivity index (χ1) is 9.91. The zero-order chi connectivity index (χ0) is 15.2. The fraction of sp³-hybridized carbons (Fsp3) is 0. The lowest BCUT2D eigenvalue weighted by Crippen LogP contribution is -2.02. The predicted octanol–water partition coefficient (Wildman–Crippen LogP) is 2.89. The molecule has 0 amide bonds. The van der Waals surface area contributed by atoms with Gasteiger partial charge < -0.3 is 5.11 Å². The summed E-state index contributed by atoms with van der Waals surface area (Å²) in [5.74, 6) is -0.634. The molecule has 0 unspecified atom stereocenters. The van der Waals surface area contributed by atoms with E-state index in [9.17, 15) is 18.3 Å². The van der Waals surface area contributed by atoms with Crippen molar-refractivity contribution in [2.24, 2.45) is 0 Å². The Balaban J connectivity index is 2.42. The lowest BCUT2D eigenvalue weighted by Gasteiger charge is -2.09. The van der Waals surface area contributed by atoms with Crippen molar-refractivity contribution >= 4 is 47.9 Å². The van der Waals surface area contributed by atoms with Crippen LogP contribution in [-0.2, 0) is 9.84 Å². The average Bonchev–Trinajstić information content (AvgIpc) is 2.78. The third-order valence-electron chi connectivity index (χ3n) is 2.94. The largest absolute Gasteiger partial charge is 0.493 e. The molecule has 0 atom stereocenters. The summed E-state index contributed by atoms with van der Waals surface area (Å²) < 4.78 is 25.5. The lowest BCUT2D eigenvalue weighted by atomic mass is 10.1. The normalized spacial score (nSPS) is 11.9. The summed E-state index contributed by atoms with van der Waals surface area (Å²) in [5.41, 5.74) is 0. The van der Waals surface area contributed by atoms with Gasteiger partial charge in [0.05, 0.1) is 4.90 Å². The number of H-pyrrole nitrogens is 1. The van der Waals surface area contributed by atoms with Gasteiger partial charge in [-0.25, -0.2) is 8.42 Å². The quantitative estimate of drug-likeness (QED) is 0.709. The van der Waals surface area contributed by atoms with Crippen LogP contribution in [0.5, 0.6) is 5.88 Å². The van der Waals surface area contributed by atoms with Crippen LogP contribution in [0.4, 0.5) is 0 Å². The first kappa shape index (κ1) is 14.3. The van der Waals surface area contributed by atoms with Gasteiger partial charge in [0.1, 0.15) is 0 Å². The van der Waals surface area contributed by atoms with E-state index >= 15 is 0 Å². The van der Waals surface area contributed by atoms with E-state index in [1.165, 1.54) is 0 Å². The minimum atomic E-state index is -4.02. The van der Waals surface area contributed by atoms with Gasteiger partial charge in [-0.1, -0.05) is 41.7 Å². The second-order valence-electron chi connectivity index (χ2n) is 4.25. The molecule has 0 radical (unpaired) electrons. The molecule has 0 saturated heterocycles. The van der Waals surface area contributed by atoms with Crippen LogP contribution in [0.1, 0.15) is 0 Å². The van der Waals surface area contributed by atoms with E-state index in [4.69, 9.17) is 0 Å². The Bertz CT molecular complexity index is 1000. The first-order valence-corrected chi connectivity index (χ1v) is 8.85. The van der Waals surface area contributed by atoms with E-state index < -0.39 is 20.6 Å². The number of aromatic amines is 1. The van der Waals surface area contributed by atoms with Crippen LogP contribution in [0.2, 0.25) is 0 Å². The molecule has 0 bridgehead atoms. The van der Waals surface area contributed by atoms with Gasteiger partial charge in [-0.3, -0.25) is 9.78 Å². The number of halogens is 1. The third kappa shape index (κ3) is 2.29. The standard InChI is InChI=1S/C13H8BrNO4S2/c14-9-6-5-7-3-1-2-4-8(7)10(9)21(18,19)12-11(16)15-13(17)20-12/h1-6,16H,(H,15,17). The molecule has 2 N–H and O–H groups in total. The number of hydrogen-bond donors (Lipinski definition) is 2. The smallest absolute Gasteiger partial charge is 0.308 e. The van der Waals surface area contributed by atoms with Crippen molar-refractivity contribution in [1.82, 2.24) is 4.98 Å². The lowest BCUT2D eigenvalue weighted by molar-refractivity contribution is 0.442. The highest BCUT2D eigenvalue weighted by Gasteiger charge is 2.29. The highest BCUT2D eigenvalue weighted by molar-refractivity contribution is 9.10. The summed E-state index contributed by atoms with van der Waals surface area (Å²) in [6.45, 7) is 0. The molecule has 2 aromatic carbocycles. The van der Waals surface area contributed by atoms with Crippen molar-refractivity contribution < 1.29 is 13.5 Å². The summed E-state index contributed by atoms with van der Waals surface area (Å²) >= 11 is 3.70. The molecule has 108 valence electrons. The van der Waals surface area contributed by atoms with E-state index in [1.54, 1.807) is 36.4 Å². The second-order valence-corrected chi connectivity index (χ2v) is 8.17. The van der Waals surface area contributed by atoms with E-state index in [2.05, 4.69) is 20.9 Å². The number of nitrogens with one attached hydrogen (secondary N) is 1. The molecule has 0 aliphatic heterocycles. The van der Waals surface area contributed by atoms with Gasteiger partial charge in [0, 0.05) is 9.86 Å². The summed E-state index contributed by atoms with van der Waals surface area (Å²) in [6, 6.07) is 10.4. The molecule has 1 heterocycles. The number of aromatic hydroxyl groups is 1. The fourth-order valence-electron chi connectivity index (χ4n) is 2.07. The number of aromatic nitrogens is 1. The molecule has 0 fully saturated rings. The van der Waals surface area contributed by atoms with Crippen molar-refractivity contribution in [2.75, 3.05) is 0 Å². The highest BCUT2D eigenvalue weighted by Crippen LogP contribution is 2.37. The minimum absolute atomic E-state index is 0.0335. The van der Waals surface area contributed by atoms with Gasteiger partial charge in [-0.05, 0) is 27.4 Å². The van der Waals surface area contributed by atoms with Gasteiger partial charge >= 0.3 is 4.87 Å². The summed E-state index contributed by atoms with van der Waals surface area (Å²) in [6.07, 6.45) is 0. The number of rotatable bonds is 2. The summed E-state index contributed by atoms with van der Waals surface area (Å²) in [4.78, 5) is 12.8. The van der Waals surface area contributed by atoms with E-state index in [-0.39, 0.29) is 9.10 Å². The molecule has 8 heteroatoms. The molecule has 5 nitrogen and oxygen atoms in total. The van der Waals surface area contributed by atoms with E-state index in [1.807, 2.05) is 0 Å². The number of thiazole rings is 1. The van der Waals surface area contributed by atoms with Gasteiger partial charge in [-0.2, -0.15) is 0 Å². The van der Waals surface area contributed by atoms with Crippen LogP contribution >= 0.6 is 27.3 Å². The Morgan fingerprint density at radius 2 is 1.86 bits per heavy atom. The Morgan fingerprint density at radius 3 is 2.52 bits per heavy atom. The highest BCUT2D eigenvalue weighted by atomic mass is 79.9. The predicted molar refractivity (Wildman–Crippen MR) is 83.7 cm³/mol. The van der Waals surface area contributed by atoms with Crippen molar-refractivity contribution in [1.29, 1.82) is 0 Å². The topological polar surface area (TPSA) is 87.2 Å². The van der Waals surface area contributed by atoms with Crippen LogP contribution in [0.25, 0.3) is 10.8 Å². The van der Waals surface area contributed by atoms with Crippen LogP contribution in [0, 0.1) is 0 Å². The minimum Gasteiger partial charge on any atom is -0.493 e. The molecular weight excluding hydrogens is 378 g/mol. The van der Waals surface area contributed by atoms with Crippen molar-refractivity contribution in [3.8, 4) is 5.88 Å². The molecular formula is C13H8BrNO4S2. The molecule has 1 aromatic heterocycles. The van der Waals surface area contributed by atoms with Gasteiger partial charge in [0.15, 0.2) is 4.21 Å². The molecule has 21 heavy (non-hydrogen) atoms. The first-order valence-electron chi connectivity index (χ1n) is 5.75. The van der Waals surface area contributed by atoms with Crippen molar-refractivity contribution in [2.45, 2.75) is 9.10 Å². The average molecular weight is 386 g/mol. The Kier molecular flexibility index (Phi) is 3.39. The SMILES string of the molecule is O=c1[nH]c(O)c(S(=O)(=O)c2c(Br)ccc3ccccc23)s1. The molecule has 0 aliphatic carbocycles. The second kappa shape index (κ2) is 4.97. The monoisotopic (exact) mass is 385 g/mol. The third-order valence-corrected chi connectivity index (χ3v) is 7.10. The Morgan fingerprint density at radius 1 is 1.14 bits per heavy atom. The van der Waals surface area contributed by atoms with Gasteiger partial charge in [0.2, 0.25) is 15.7 Å². The van der Waals surface area contributed by atoms with Crippen molar-refractivity contribution in [3.05, 3.63) is 50.5 Å². The van der Waals surface area contributed by atoms with Gasteiger partial charge in [-0.15, -0.1) is 0 Å². The van der Waals surface area contributed by atoms with Gasteiger partial charge in [0.25, 0.3) is 0 Å². The summed E-state index contributed by atoms with van der Waals surface area (Å²) in [5, 5.41) is 10.9. The number of fused-ring (bicyclic) bond motifs is 1. The fourth-order valence-corrected chi connectivity index (χ4v) is 5.73. The van der Waals surface area contributed by atoms with Crippen LogP contribution in [0.3, 0.4) is 0 Å². The van der Waals surface area contributed by atoms with E-state index in [0.29, 0.717) is 21.2 Å². The number of sulfone groups is 1. The number of hydrogen-bond acceptors (Lipinski definition) is 5. The van der Waals surface area contributed by atoms with E-state index in [0.717, 1.165) is 5.39 Å². The molecule has 3 rings (SSSR count). The molecule has 0 saturated carbocycles. The maximum atomic E-state index is 12.8. The van der Waals surface area contributed by atoms with Crippen LogP contribution in [0.15, 0.2) is 54.8 Å². The van der Waals surface area contributed by atoms with Crippen LogP contribution in [-0.4, -0.2) is 18.5 Å². The maximum absolute atomic E-state index is 12.8. The maximum Gasteiger partial charge on any atom is 0.308 e. The zero-order valence-electron chi connectivity index (χ0n) is 10.3. The molecule has 0 aliphatic rings. The van der Waals surface area contributed by atoms with Crippen molar-refractivity contribution in [3.63, 3.8) is 0 Å². The Hall–Kier alpha value is -1.64. The number of benzene rings is 2. The molecule has 3 aromatic rings. The van der Waals surface area contributed by atoms with Crippen LogP contribution < -0.4 is 4.87 Å². The Labute approximate surface area is 131 Å². The zero-order valence-corrected chi connectivity index (χ0v) is 13.5.